The van der Waals surface area contributed by atoms with Gasteiger partial charge in [0, 0.05) is 21.3 Å². The van der Waals surface area contributed by atoms with Gasteiger partial charge in [0.2, 0.25) is 6.23 Å². The number of alkyl halides is 9. The molecule has 4 N–H and O–H groups in total. The number of hydrogen-bond donors (Lipinski definition) is 4. The number of carbonyl (C=O) groups is 2. The number of ether oxygens (including phenoxy) is 1. The Morgan fingerprint density at radius 3 is 2.06 bits per heavy atom. The summed E-state index contributed by atoms with van der Waals surface area (Å²) in [6, 6.07) is 4.17. The van der Waals surface area contributed by atoms with Crippen LogP contribution in [0.15, 0.2) is 40.9 Å². The van der Waals surface area contributed by atoms with Gasteiger partial charge in [-0.3, -0.25) is 4.79 Å². The summed E-state index contributed by atoms with van der Waals surface area (Å²) in [5, 5.41) is 22.0. The van der Waals surface area contributed by atoms with Crippen LogP contribution in [-0.2, 0) is 10.5 Å². The van der Waals surface area contributed by atoms with Crippen LogP contribution in [0.4, 0.5) is 50.9 Å². The van der Waals surface area contributed by atoms with Crippen LogP contribution in [-0.4, -0.2) is 47.3 Å². The number of aliphatic carboxylic acids is 1. The highest BCUT2D eigenvalue weighted by atomic mass is 79.9. The highest BCUT2D eigenvalue weighted by molar-refractivity contribution is 9.10. The smallest absolute Gasteiger partial charge is 0.435 e. The molecule has 17 heteroatoms. The number of amides is 1. The van der Waals surface area contributed by atoms with E-state index < -0.39 is 64.2 Å². The van der Waals surface area contributed by atoms with Gasteiger partial charge < -0.3 is 25.6 Å². The molecule has 0 aliphatic rings. The van der Waals surface area contributed by atoms with Gasteiger partial charge in [0.25, 0.3) is 5.91 Å². The Morgan fingerprint density at radius 1 is 0.972 bits per heavy atom. The summed E-state index contributed by atoms with van der Waals surface area (Å²) in [6.45, 7) is -3.81. The molecule has 0 spiro atoms. The van der Waals surface area contributed by atoms with E-state index in [-0.39, 0.29) is 23.4 Å². The van der Waals surface area contributed by atoms with Crippen LogP contribution in [0.3, 0.4) is 0 Å². The Hall–Kier alpha value is -3.21. The molecule has 0 aliphatic heterocycles. The van der Waals surface area contributed by atoms with E-state index in [4.69, 9.17) is 5.11 Å². The zero-order valence-electron chi connectivity index (χ0n) is 17.0. The molecule has 1 unspecified atom stereocenters. The van der Waals surface area contributed by atoms with Gasteiger partial charge in [-0.15, -0.1) is 0 Å². The first-order chi connectivity index (χ1) is 16.4. The molecule has 7 nitrogen and oxygen atoms in total. The molecule has 0 saturated carbocycles. The van der Waals surface area contributed by atoms with Crippen LogP contribution in [0.1, 0.15) is 15.9 Å². The number of anilines is 2. The Kier molecular flexibility index (Phi) is 8.40. The number of rotatable bonds is 8. The zero-order valence-corrected chi connectivity index (χ0v) is 18.6. The molecule has 0 fully saturated rings. The van der Waals surface area contributed by atoms with Crippen molar-refractivity contribution in [1.82, 2.24) is 0 Å². The molecule has 1 amide bonds. The van der Waals surface area contributed by atoms with Crippen molar-refractivity contribution in [3.63, 3.8) is 0 Å². The zero-order chi connectivity index (χ0) is 27.6. The molecular weight excluding hydrogens is 587 g/mol. The Bertz CT molecular complexity index is 1130. The molecule has 2 aromatic carbocycles. The summed E-state index contributed by atoms with van der Waals surface area (Å²) in [4.78, 5) is 23.3. The lowest BCUT2D eigenvalue weighted by molar-refractivity contribution is -0.348. The highest BCUT2D eigenvalue weighted by Gasteiger charge is 2.73. The average molecular weight is 599 g/mol. The molecule has 0 aliphatic carbocycles. The van der Waals surface area contributed by atoms with Gasteiger partial charge >= 0.3 is 30.6 Å². The quantitative estimate of drug-likeness (QED) is 0.239. The lowest BCUT2D eigenvalue weighted by Crippen LogP contribution is -2.50. The maximum Gasteiger partial charge on any atom is 0.435 e. The van der Waals surface area contributed by atoms with Crippen molar-refractivity contribution < 1.29 is 64.1 Å². The van der Waals surface area contributed by atoms with Crippen molar-refractivity contribution in [2.24, 2.45) is 0 Å². The van der Waals surface area contributed by atoms with E-state index in [1.165, 1.54) is 12.1 Å². The fraction of sp³-hybridized carbons (Fsp3) is 0.263. The van der Waals surface area contributed by atoms with Crippen molar-refractivity contribution in [1.29, 1.82) is 0 Å². The highest BCUT2D eigenvalue weighted by Crippen LogP contribution is 2.55. The van der Waals surface area contributed by atoms with Crippen LogP contribution in [0, 0.1) is 0 Å². The van der Waals surface area contributed by atoms with Crippen molar-refractivity contribution in [3.8, 4) is 5.75 Å². The van der Waals surface area contributed by atoms with Crippen LogP contribution in [0.2, 0.25) is 0 Å². The molecule has 0 bridgehead atoms. The molecule has 2 aromatic rings. The van der Waals surface area contributed by atoms with Gasteiger partial charge in [-0.2, -0.15) is 35.1 Å². The van der Waals surface area contributed by atoms with E-state index in [1.54, 1.807) is 0 Å². The minimum atomic E-state index is -6.55. The van der Waals surface area contributed by atoms with Crippen molar-refractivity contribution in [3.05, 3.63) is 52.0 Å². The van der Waals surface area contributed by atoms with Crippen molar-refractivity contribution in [2.45, 2.75) is 30.9 Å². The number of aliphatic hydroxyl groups is 1. The number of aliphatic hydroxyl groups excluding tert-OH is 1. The maximum atomic E-state index is 14.4. The molecule has 198 valence electrons. The second-order valence-corrected chi connectivity index (χ2v) is 7.64. The molecule has 0 saturated heterocycles. The third-order valence-electron chi connectivity index (χ3n) is 4.35. The number of benzene rings is 2. The van der Waals surface area contributed by atoms with Gasteiger partial charge in [0.1, 0.15) is 0 Å². The monoisotopic (exact) mass is 598 g/mol. The Labute approximate surface area is 203 Å². The van der Waals surface area contributed by atoms with E-state index in [2.05, 4.69) is 26.0 Å². The van der Waals surface area contributed by atoms with Crippen molar-refractivity contribution >= 4 is 39.2 Å². The van der Waals surface area contributed by atoms with Gasteiger partial charge in [-0.05, 0) is 46.3 Å². The lowest BCUT2D eigenvalue weighted by Gasteiger charge is -2.31. The van der Waals surface area contributed by atoms with Crippen LogP contribution >= 0.6 is 15.9 Å². The summed E-state index contributed by atoms with van der Waals surface area (Å²) in [5.41, 5.74) is -9.46. The van der Waals surface area contributed by atoms with E-state index in [0.717, 1.165) is 12.1 Å². The maximum absolute atomic E-state index is 14.4. The predicted octanol–water partition coefficient (Wildman–Crippen LogP) is 5.41. The number of carbonyl (C=O) groups excluding carboxylic acids is 1. The number of carboxylic acids is 1. The first kappa shape index (κ1) is 29.0. The van der Waals surface area contributed by atoms with Gasteiger partial charge in [-0.25, -0.2) is 9.18 Å². The summed E-state index contributed by atoms with van der Waals surface area (Å²) in [6.07, 6.45) is -15.2. The van der Waals surface area contributed by atoms with E-state index >= 15 is 0 Å². The number of carboxylic acid groups (broad SMARTS) is 1. The van der Waals surface area contributed by atoms with Gasteiger partial charge in [-0.1, -0.05) is 6.07 Å². The normalized spacial score (nSPS) is 13.3. The average Bonchev–Trinajstić information content (AvgIpc) is 2.73. The molecule has 0 aromatic heterocycles. The minimum absolute atomic E-state index is 0.0177. The van der Waals surface area contributed by atoms with E-state index in [9.17, 15) is 54.2 Å². The summed E-state index contributed by atoms with van der Waals surface area (Å²) >= 11 is 2.53. The molecule has 0 radical (unpaired) electrons. The minimum Gasteiger partial charge on any atom is -0.478 e. The van der Waals surface area contributed by atoms with Crippen molar-refractivity contribution in [2.75, 3.05) is 10.6 Å². The lowest BCUT2D eigenvalue weighted by atomic mass is 9.93. The van der Waals surface area contributed by atoms with E-state index in [1.807, 2.05) is 5.32 Å². The third kappa shape index (κ3) is 6.13. The summed E-state index contributed by atoms with van der Waals surface area (Å²) < 4.78 is 122. The molecule has 36 heavy (non-hydrogen) atoms. The standard InChI is InChI=1S/C19H12BrF9N2O5/c20-10-5-8(17(23,18(24,25)26)19(27,28)29)6-11(36-16(21)22)12(10)31-13(32)7-2-1-3-9(4-7)30-14(33)15(34)35/h1-6,14,16,30,33H,(H,31,32)(H,34,35). The van der Waals surface area contributed by atoms with Crippen LogP contribution in [0.5, 0.6) is 5.75 Å². The fourth-order valence-corrected chi connectivity index (χ4v) is 3.28. The molecule has 0 heterocycles. The molecular formula is C19H12BrF9N2O5. The van der Waals surface area contributed by atoms with Crippen LogP contribution < -0.4 is 15.4 Å². The molecule has 2 rings (SSSR count). The second-order valence-electron chi connectivity index (χ2n) is 6.78. The number of hydrogen-bond acceptors (Lipinski definition) is 5. The Balaban J connectivity index is 2.54. The summed E-state index contributed by atoms with van der Waals surface area (Å²) in [7, 11) is 0. The van der Waals surface area contributed by atoms with Gasteiger partial charge in [0.15, 0.2) is 5.75 Å². The first-order valence-electron chi connectivity index (χ1n) is 9.08. The second kappa shape index (κ2) is 10.4. The van der Waals surface area contributed by atoms with Gasteiger partial charge in [0.05, 0.1) is 5.69 Å². The fourth-order valence-electron chi connectivity index (χ4n) is 2.73. The number of halogens is 10. The first-order valence-corrected chi connectivity index (χ1v) is 9.87. The predicted molar refractivity (Wildman–Crippen MR) is 107 cm³/mol. The SMILES string of the molecule is O=C(Nc1c(Br)cc(C(F)(C(F)(F)F)C(F)(F)F)cc1OC(F)F)c1cccc(NC(O)C(=O)O)c1. The van der Waals surface area contributed by atoms with E-state index in [0.29, 0.717) is 0 Å². The van der Waals surface area contributed by atoms with Crippen LogP contribution in [0.25, 0.3) is 0 Å². The topological polar surface area (TPSA) is 108 Å². The Morgan fingerprint density at radius 2 is 1.56 bits per heavy atom. The largest absolute Gasteiger partial charge is 0.478 e. The number of nitrogens with one attached hydrogen (secondary N) is 2. The summed E-state index contributed by atoms with van der Waals surface area (Å²) in [5.74, 6) is -4.30. The third-order valence-corrected chi connectivity index (χ3v) is 4.98. The molecule has 1 atom stereocenters.